The zero-order valence-corrected chi connectivity index (χ0v) is 14.5. The molecular formula is C16H29N5O2. The summed E-state index contributed by atoms with van der Waals surface area (Å²) in [7, 11) is 0. The van der Waals surface area contributed by atoms with Gasteiger partial charge in [-0.1, -0.05) is 25.9 Å². The molecule has 7 nitrogen and oxygen atoms in total. The number of hydrogen-bond acceptors (Lipinski definition) is 6. The van der Waals surface area contributed by atoms with Crippen LogP contribution in [0, 0.1) is 5.92 Å². The second-order valence-corrected chi connectivity index (χ2v) is 6.60. The smallest absolute Gasteiger partial charge is 0.234 e. The first-order valence-corrected chi connectivity index (χ1v) is 8.59. The summed E-state index contributed by atoms with van der Waals surface area (Å²) < 4.78 is 5.28. The minimum absolute atomic E-state index is 0.122. The van der Waals surface area contributed by atoms with Gasteiger partial charge in [-0.3, -0.25) is 14.6 Å². The molecule has 130 valence electrons. The quantitative estimate of drug-likeness (QED) is 0.766. The van der Waals surface area contributed by atoms with Gasteiger partial charge in [-0.25, -0.2) is 0 Å². The molecule has 0 aromatic carbocycles. The molecule has 1 fully saturated rings. The van der Waals surface area contributed by atoms with E-state index >= 15 is 0 Å². The Bertz CT molecular complexity index is 481. The Labute approximate surface area is 138 Å². The van der Waals surface area contributed by atoms with E-state index in [1.54, 1.807) is 0 Å². The van der Waals surface area contributed by atoms with Gasteiger partial charge in [0.25, 0.3) is 0 Å². The summed E-state index contributed by atoms with van der Waals surface area (Å²) in [5.41, 5.74) is 0. The lowest BCUT2D eigenvalue weighted by atomic mass is 10.1. The van der Waals surface area contributed by atoms with E-state index in [0.717, 1.165) is 63.8 Å². The summed E-state index contributed by atoms with van der Waals surface area (Å²) in [6.07, 6.45) is 1.80. The molecule has 1 aromatic heterocycles. The number of rotatable bonds is 8. The van der Waals surface area contributed by atoms with Crippen molar-refractivity contribution >= 4 is 5.91 Å². The maximum Gasteiger partial charge on any atom is 0.234 e. The highest BCUT2D eigenvalue weighted by Gasteiger charge is 2.20. The predicted octanol–water partition coefficient (Wildman–Crippen LogP) is 0.912. The first kappa shape index (κ1) is 17.9. The summed E-state index contributed by atoms with van der Waals surface area (Å²) in [6.45, 7) is 12.0. The van der Waals surface area contributed by atoms with E-state index in [0.29, 0.717) is 12.5 Å². The maximum absolute atomic E-state index is 11.7. The second kappa shape index (κ2) is 8.98. The number of hydrogen-bond donors (Lipinski definition) is 1. The Kier molecular flexibility index (Phi) is 6.98. The summed E-state index contributed by atoms with van der Waals surface area (Å²) in [5, 5.41) is 6.98. The lowest BCUT2D eigenvalue weighted by Gasteiger charge is -2.33. The van der Waals surface area contributed by atoms with Crippen LogP contribution in [0.25, 0.3) is 0 Å². The Morgan fingerprint density at radius 3 is 2.61 bits per heavy atom. The number of amides is 1. The average Bonchev–Trinajstić information content (AvgIpc) is 2.93. The average molecular weight is 323 g/mol. The van der Waals surface area contributed by atoms with Crippen molar-refractivity contribution in [3.8, 4) is 0 Å². The highest BCUT2D eigenvalue weighted by Crippen LogP contribution is 2.09. The number of carbonyl (C=O) groups is 1. The largest absolute Gasteiger partial charge is 0.355 e. The molecule has 0 bridgehead atoms. The van der Waals surface area contributed by atoms with Crippen LogP contribution in [0.15, 0.2) is 4.52 Å². The molecule has 0 unspecified atom stereocenters. The van der Waals surface area contributed by atoms with Crippen LogP contribution in [0.3, 0.4) is 0 Å². The first-order chi connectivity index (χ1) is 11.1. The van der Waals surface area contributed by atoms with Gasteiger partial charge in [-0.05, 0) is 12.3 Å². The number of carbonyl (C=O) groups excluding carboxylic acids is 1. The molecule has 1 amide bonds. The van der Waals surface area contributed by atoms with Gasteiger partial charge in [0.2, 0.25) is 11.8 Å². The van der Waals surface area contributed by atoms with E-state index in [4.69, 9.17) is 4.52 Å². The van der Waals surface area contributed by atoms with Crippen molar-refractivity contribution in [1.82, 2.24) is 25.3 Å². The van der Waals surface area contributed by atoms with Crippen LogP contribution in [-0.4, -0.2) is 65.1 Å². The fraction of sp³-hybridized carbons (Fsp3) is 0.812. The Morgan fingerprint density at radius 2 is 1.96 bits per heavy atom. The van der Waals surface area contributed by atoms with Crippen LogP contribution in [0.1, 0.15) is 38.9 Å². The van der Waals surface area contributed by atoms with Crippen molar-refractivity contribution in [2.45, 2.75) is 40.2 Å². The molecule has 1 aromatic rings. The molecule has 2 heterocycles. The number of piperazine rings is 1. The normalized spacial score (nSPS) is 16.9. The zero-order valence-electron chi connectivity index (χ0n) is 14.5. The third-order valence-corrected chi connectivity index (χ3v) is 3.86. The highest BCUT2D eigenvalue weighted by atomic mass is 16.5. The third-order valence-electron chi connectivity index (χ3n) is 3.86. The van der Waals surface area contributed by atoms with Gasteiger partial charge in [0.1, 0.15) is 0 Å². The molecule has 0 saturated carbocycles. The zero-order chi connectivity index (χ0) is 16.7. The summed E-state index contributed by atoms with van der Waals surface area (Å²) in [4.78, 5) is 20.7. The highest BCUT2D eigenvalue weighted by molar-refractivity contribution is 5.77. The van der Waals surface area contributed by atoms with Crippen LogP contribution in [-0.2, 0) is 17.8 Å². The Morgan fingerprint density at radius 1 is 1.26 bits per heavy atom. The van der Waals surface area contributed by atoms with Crippen molar-refractivity contribution in [3.05, 3.63) is 11.7 Å². The van der Waals surface area contributed by atoms with Crippen LogP contribution < -0.4 is 5.32 Å². The van der Waals surface area contributed by atoms with Crippen molar-refractivity contribution in [2.24, 2.45) is 5.92 Å². The van der Waals surface area contributed by atoms with E-state index in [1.807, 2.05) is 0 Å². The van der Waals surface area contributed by atoms with Crippen molar-refractivity contribution in [3.63, 3.8) is 0 Å². The van der Waals surface area contributed by atoms with Crippen LogP contribution in [0.5, 0.6) is 0 Å². The van der Waals surface area contributed by atoms with Crippen LogP contribution in [0.4, 0.5) is 0 Å². The molecule has 1 aliphatic rings. The Balaban J connectivity index is 1.70. The number of nitrogens with one attached hydrogen (secondary N) is 1. The monoisotopic (exact) mass is 323 g/mol. The molecule has 0 radical (unpaired) electrons. The minimum atomic E-state index is 0.122. The number of nitrogens with zero attached hydrogens (tertiary/aromatic N) is 4. The molecular weight excluding hydrogens is 294 g/mol. The second-order valence-electron chi connectivity index (χ2n) is 6.60. The van der Waals surface area contributed by atoms with E-state index in [1.165, 1.54) is 0 Å². The van der Waals surface area contributed by atoms with E-state index in [-0.39, 0.29) is 5.91 Å². The van der Waals surface area contributed by atoms with Gasteiger partial charge >= 0.3 is 0 Å². The van der Waals surface area contributed by atoms with Crippen molar-refractivity contribution < 1.29 is 9.32 Å². The molecule has 1 saturated heterocycles. The van der Waals surface area contributed by atoms with Gasteiger partial charge < -0.3 is 9.84 Å². The SMILES string of the molecule is CCCNC(=O)CN1CCN(Cc2noc(CC(C)C)n2)CC1. The van der Waals surface area contributed by atoms with E-state index < -0.39 is 0 Å². The fourth-order valence-electron chi connectivity index (χ4n) is 2.62. The standard InChI is InChI=1S/C16H29N5O2/c1-4-5-17-15(22)12-21-8-6-20(7-9-21)11-14-18-16(23-19-14)10-13(2)3/h13H,4-12H2,1-3H3,(H,17,22). The first-order valence-electron chi connectivity index (χ1n) is 8.59. The van der Waals surface area contributed by atoms with Crippen LogP contribution >= 0.6 is 0 Å². The topological polar surface area (TPSA) is 74.5 Å². The molecule has 0 spiro atoms. The van der Waals surface area contributed by atoms with Gasteiger partial charge in [0.15, 0.2) is 5.82 Å². The van der Waals surface area contributed by atoms with Gasteiger partial charge in [0, 0.05) is 39.1 Å². The van der Waals surface area contributed by atoms with Crippen molar-refractivity contribution in [1.29, 1.82) is 0 Å². The molecule has 1 N–H and O–H groups in total. The van der Waals surface area contributed by atoms with Gasteiger partial charge in [-0.2, -0.15) is 4.98 Å². The predicted molar refractivity (Wildman–Crippen MR) is 87.9 cm³/mol. The fourth-order valence-corrected chi connectivity index (χ4v) is 2.62. The molecule has 0 aliphatic carbocycles. The lowest BCUT2D eigenvalue weighted by Crippen LogP contribution is -2.49. The third kappa shape index (κ3) is 6.27. The molecule has 2 rings (SSSR count). The van der Waals surface area contributed by atoms with Gasteiger partial charge in [-0.15, -0.1) is 0 Å². The lowest BCUT2D eigenvalue weighted by molar-refractivity contribution is -0.122. The summed E-state index contributed by atoms with van der Waals surface area (Å²) in [5.74, 6) is 2.12. The van der Waals surface area contributed by atoms with E-state index in [9.17, 15) is 4.79 Å². The minimum Gasteiger partial charge on any atom is -0.355 e. The van der Waals surface area contributed by atoms with Gasteiger partial charge in [0.05, 0.1) is 13.1 Å². The molecule has 7 heteroatoms. The maximum atomic E-state index is 11.7. The summed E-state index contributed by atoms with van der Waals surface area (Å²) >= 11 is 0. The molecule has 23 heavy (non-hydrogen) atoms. The molecule has 0 atom stereocenters. The van der Waals surface area contributed by atoms with Crippen LogP contribution in [0.2, 0.25) is 0 Å². The van der Waals surface area contributed by atoms with Crippen molar-refractivity contribution in [2.75, 3.05) is 39.3 Å². The van der Waals surface area contributed by atoms with E-state index in [2.05, 4.69) is 46.0 Å². The summed E-state index contributed by atoms with van der Waals surface area (Å²) in [6, 6.07) is 0. The molecule has 1 aliphatic heterocycles. The number of aromatic nitrogens is 2. The Hall–Kier alpha value is -1.47.